The lowest BCUT2D eigenvalue weighted by molar-refractivity contribution is -0.145. The Hall–Kier alpha value is -0.650. The molecule has 0 rings (SSSR count). The van der Waals surface area contributed by atoms with Gasteiger partial charge in [0.25, 0.3) is 0 Å². The molecular weight excluding hydrogens is 234 g/mol. The minimum atomic E-state index is -0.710. The van der Waals surface area contributed by atoms with Crippen LogP contribution in [0.2, 0.25) is 0 Å². The Morgan fingerprint density at radius 2 is 2.11 bits per heavy atom. The van der Waals surface area contributed by atoms with Crippen LogP contribution >= 0.6 is 0 Å². The Kier molecular flexibility index (Phi) is 8.97. The molecule has 0 radical (unpaired) electrons. The van der Waals surface area contributed by atoms with Gasteiger partial charge >= 0.3 is 5.97 Å². The van der Waals surface area contributed by atoms with Gasteiger partial charge in [0.15, 0.2) is 0 Å². The van der Waals surface area contributed by atoms with Gasteiger partial charge in [-0.1, -0.05) is 13.8 Å². The first-order valence-electron chi connectivity index (χ1n) is 6.56. The third-order valence-corrected chi connectivity index (χ3v) is 2.70. The summed E-state index contributed by atoms with van der Waals surface area (Å²) in [7, 11) is 0. The molecule has 5 heteroatoms. The third-order valence-electron chi connectivity index (χ3n) is 2.70. The van der Waals surface area contributed by atoms with Gasteiger partial charge in [0.05, 0.1) is 19.1 Å². The zero-order valence-electron chi connectivity index (χ0n) is 11.7. The van der Waals surface area contributed by atoms with Crippen LogP contribution in [0.3, 0.4) is 0 Å². The minimum Gasteiger partial charge on any atom is -0.466 e. The molecule has 0 aliphatic rings. The summed E-state index contributed by atoms with van der Waals surface area (Å²) in [5.41, 5.74) is 0.0758. The zero-order chi connectivity index (χ0) is 14.0. The second kappa shape index (κ2) is 9.30. The highest BCUT2D eigenvalue weighted by Gasteiger charge is 2.18. The average molecular weight is 261 g/mol. The van der Waals surface area contributed by atoms with E-state index >= 15 is 0 Å². The van der Waals surface area contributed by atoms with Crippen molar-refractivity contribution in [3.05, 3.63) is 0 Å². The number of nitrogens with one attached hydrogen (secondary N) is 1. The van der Waals surface area contributed by atoms with Crippen LogP contribution in [0.25, 0.3) is 0 Å². The molecule has 0 amide bonds. The molecule has 0 saturated heterocycles. The summed E-state index contributed by atoms with van der Waals surface area (Å²) in [6.07, 6.45) is 1.01. The molecule has 3 N–H and O–H groups in total. The van der Waals surface area contributed by atoms with Crippen molar-refractivity contribution in [3.8, 4) is 0 Å². The number of hydrogen-bond acceptors (Lipinski definition) is 5. The first kappa shape index (κ1) is 17.4. The fourth-order valence-corrected chi connectivity index (χ4v) is 1.71. The average Bonchev–Trinajstić information content (AvgIpc) is 2.26. The molecule has 0 saturated carbocycles. The topological polar surface area (TPSA) is 78.8 Å². The Morgan fingerprint density at radius 3 is 2.67 bits per heavy atom. The number of rotatable bonds is 10. The van der Waals surface area contributed by atoms with E-state index in [-0.39, 0.29) is 24.4 Å². The number of aliphatic hydroxyl groups is 2. The van der Waals surface area contributed by atoms with E-state index in [4.69, 9.17) is 9.84 Å². The number of carbonyl (C=O) groups excluding carboxylic acids is 1. The maximum Gasteiger partial charge on any atom is 0.308 e. The number of aliphatic hydroxyl groups excluding tert-OH is 2. The molecule has 0 fully saturated rings. The van der Waals surface area contributed by atoms with Crippen molar-refractivity contribution >= 4 is 5.97 Å². The van der Waals surface area contributed by atoms with E-state index in [1.807, 2.05) is 0 Å². The summed E-state index contributed by atoms with van der Waals surface area (Å²) < 4.78 is 4.76. The molecule has 0 aromatic heterocycles. The molecule has 18 heavy (non-hydrogen) atoms. The van der Waals surface area contributed by atoms with E-state index in [2.05, 4.69) is 19.2 Å². The molecule has 1 atom stereocenters. The summed E-state index contributed by atoms with van der Waals surface area (Å²) in [5, 5.41) is 21.5. The number of esters is 1. The van der Waals surface area contributed by atoms with Crippen molar-refractivity contribution < 1.29 is 19.7 Å². The molecule has 0 aliphatic heterocycles. The monoisotopic (exact) mass is 261 g/mol. The van der Waals surface area contributed by atoms with Gasteiger partial charge in [0, 0.05) is 19.7 Å². The predicted octanol–water partition coefficient (Wildman–Crippen LogP) is 0.689. The molecule has 0 heterocycles. The normalized spacial score (nSPS) is 13.4. The van der Waals surface area contributed by atoms with E-state index < -0.39 is 6.10 Å². The second-order valence-electron chi connectivity index (χ2n) is 5.29. The zero-order valence-corrected chi connectivity index (χ0v) is 11.7. The van der Waals surface area contributed by atoms with Gasteiger partial charge in [0.1, 0.15) is 0 Å². The van der Waals surface area contributed by atoms with E-state index in [0.717, 1.165) is 19.4 Å². The van der Waals surface area contributed by atoms with Gasteiger partial charge in [0.2, 0.25) is 0 Å². The van der Waals surface area contributed by atoms with E-state index in [0.29, 0.717) is 13.2 Å². The van der Waals surface area contributed by atoms with Gasteiger partial charge in [-0.3, -0.25) is 4.79 Å². The number of hydrogen-bond donors (Lipinski definition) is 3. The summed E-state index contributed by atoms with van der Waals surface area (Å²) in [6, 6.07) is 0. The SMILES string of the molecule is CCOC(=O)CC(O)CNCC(C)(C)CCCO. The largest absolute Gasteiger partial charge is 0.466 e. The van der Waals surface area contributed by atoms with Crippen LogP contribution in [0.4, 0.5) is 0 Å². The lowest BCUT2D eigenvalue weighted by Gasteiger charge is -2.25. The van der Waals surface area contributed by atoms with Crippen molar-refractivity contribution in [2.75, 3.05) is 26.3 Å². The summed E-state index contributed by atoms with van der Waals surface area (Å²) in [4.78, 5) is 11.1. The lowest BCUT2D eigenvalue weighted by atomic mass is 9.88. The van der Waals surface area contributed by atoms with Crippen molar-refractivity contribution in [3.63, 3.8) is 0 Å². The van der Waals surface area contributed by atoms with Crippen LogP contribution in [0, 0.1) is 5.41 Å². The molecular formula is C13H27NO4. The van der Waals surface area contributed by atoms with Crippen molar-refractivity contribution in [1.29, 1.82) is 0 Å². The van der Waals surface area contributed by atoms with Crippen molar-refractivity contribution in [1.82, 2.24) is 5.32 Å². The van der Waals surface area contributed by atoms with Crippen LogP contribution < -0.4 is 5.32 Å². The second-order valence-corrected chi connectivity index (χ2v) is 5.29. The standard InChI is InChI=1S/C13H27NO4/c1-4-18-12(17)8-11(16)9-14-10-13(2,3)6-5-7-15/h11,14-16H,4-10H2,1-3H3. The van der Waals surface area contributed by atoms with Gasteiger partial charge in [-0.15, -0.1) is 0 Å². The van der Waals surface area contributed by atoms with Gasteiger partial charge in [-0.05, 0) is 25.2 Å². The molecule has 0 bridgehead atoms. The maximum absolute atomic E-state index is 11.1. The minimum absolute atomic E-state index is 0.0257. The Balaban J connectivity index is 3.72. The Labute approximate surface area is 110 Å². The van der Waals surface area contributed by atoms with Gasteiger partial charge in [-0.2, -0.15) is 0 Å². The quantitative estimate of drug-likeness (QED) is 0.504. The highest BCUT2D eigenvalue weighted by Crippen LogP contribution is 2.20. The van der Waals surface area contributed by atoms with Crippen molar-refractivity contribution in [2.24, 2.45) is 5.41 Å². The third kappa shape index (κ3) is 9.39. The molecule has 1 unspecified atom stereocenters. The molecule has 0 aromatic rings. The van der Waals surface area contributed by atoms with Gasteiger partial charge < -0.3 is 20.3 Å². The molecule has 0 spiro atoms. The summed E-state index contributed by atoms with van der Waals surface area (Å²) in [5.74, 6) is -0.369. The Morgan fingerprint density at radius 1 is 1.44 bits per heavy atom. The first-order chi connectivity index (χ1) is 8.41. The molecule has 5 nitrogen and oxygen atoms in total. The smallest absolute Gasteiger partial charge is 0.308 e. The molecule has 108 valence electrons. The van der Waals surface area contributed by atoms with Crippen LogP contribution in [0.15, 0.2) is 0 Å². The predicted molar refractivity (Wildman–Crippen MR) is 70.2 cm³/mol. The van der Waals surface area contributed by atoms with E-state index in [1.54, 1.807) is 6.92 Å². The van der Waals surface area contributed by atoms with Crippen LogP contribution in [-0.2, 0) is 9.53 Å². The van der Waals surface area contributed by atoms with E-state index in [9.17, 15) is 9.90 Å². The number of ether oxygens (including phenoxy) is 1. The van der Waals surface area contributed by atoms with Crippen LogP contribution in [0.5, 0.6) is 0 Å². The fourth-order valence-electron chi connectivity index (χ4n) is 1.71. The molecule has 0 aliphatic carbocycles. The maximum atomic E-state index is 11.1. The molecule has 0 aromatic carbocycles. The Bertz CT molecular complexity index is 231. The van der Waals surface area contributed by atoms with Gasteiger partial charge in [-0.25, -0.2) is 0 Å². The first-order valence-corrected chi connectivity index (χ1v) is 6.56. The highest BCUT2D eigenvalue weighted by atomic mass is 16.5. The van der Waals surface area contributed by atoms with E-state index in [1.165, 1.54) is 0 Å². The summed E-state index contributed by atoms with van der Waals surface area (Å²) in [6.45, 7) is 7.61. The van der Waals surface area contributed by atoms with Crippen LogP contribution in [0.1, 0.15) is 40.0 Å². The fraction of sp³-hybridized carbons (Fsp3) is 0.923. The summed E-state index contributed by atoms with van der Waals surface area (Å²) >= 11 is 0. The number of carbonyl (C=O) groups is 1. The van der Waals surface area contributed by atoms with Crippen LogP contribution in [-0.4, -0.2) is 48.6 Å². The lowest BCUT2D eigenvalue weighted by Crippen LogP contribution is -2.35. The van der Waals surface area contributed by atoms with Crippen molar-refractivity contribution in [2.45, 2.75) is 46.1 Å². The highest BCUT2D eigenvalue weighted by molar-refractivity contribution is 5.69.